The largest absolute Gasteiger partial charge is 0.375 e. The first-order valence-electron chi connectivity index (χ1n) is 9.57. The van der Waals surface area contributed by atoms with Crippen molar-refractivity contribution in [2.75, 3.05) is 32.8 Å². The van der Waals surface area contributed by atoms with Crippen LogP contribution in [0.5, 0.6) is 0 Å². The molecule has 7 heteroatoms. The molecule has 3 atom stereocenters. The van der Waals surface area contributed by atoms with E-state index in [0.717, 1.165) is 25.6 Å². The molecular weight excluding hydrogens is 385 g/mol. The number of carbonyl (C=O) groups is 1. The lowest BCUT2D eigenvalue weighted by Gasteiger charge is -2.37. The molecule has 2 aliphatic rings. The molecule has 0 radical (unpaired) electrons. The number of halogens is 2. The number of benzene rings is 1. The van der Waals surface area contributed by atoms with Crippen LogP contribution < -0.4 is 10.6 Å². The highest BCUT2D eigenvalue weighted by molar-refractivity contribution is 5.85. The van der Waals surface area contributed by atoms with Gasteiger partial charge in [0.15, 0.2) is 0 Å². The van der Waals surface area contributed by atoms with Crippen LogP contribution in [-0.4, -0.2) is 55.7 Å². The molecule has 1 amide bonds. The molecule has 3 rings (SSSR count). The van der Waals surface area contributed by atoms with Gasteiger partial charge >= 0.3 is 0 Å². The Morgan fingerprint density at radius 1 is 1.22 bits per heavy atom. The zero-order valence-corrected chi connectivity index (χ0v) is 17.9. The first-order valence-corrected chi connectivity index (χ1v) is 9.57. The van der Waals surface area contributed by atoms with Crippen LogP contribution in [0.4, 0.5) is 0 Å². The van der Waals surface area contributed by atoms with Gasteiger partial charge in [-0.2, -0.15) is 0 Å². The summed E-state index contributed by atoms with van der Waals surface area (Å²) in [4.78, 5) is 15.1. The van der Waals surface area contributed by atoms with Crippen molar-refractivity contribution in [3.63, 3.8) is 0 Å². The Balaban J connectivity index is 0.00000182. The maximum absolute atomic E-state index is 12.6. The molecule has 2 saturated heterocycles. The minimum atomic E-state index is -0.258. The number of morpholine rings is 1. The van der Waals surface area contributed by atoms with Gasteiger partial charge < -0.3 is 15.4 Å². The highest BCUT2D eigenvalue weighted by Gasteiger charge is 2.30. The molecule has 0 aliphatic carbocycles. The van der Waals surface area contributed by atoms with Gasteiger partial charge in [0, 0.05) is 13.1 Å². The van der Waals surface area contributed by atoms with Crippen molar-refractivity contribution < 1.29 is 9.53 Å². The summed E-state index contributed by atoms with van der Waals surface area (Å²) in [7, 11) is 0. The molecule has 0 spiro atoms. The molecule has 1 unspecified atom stereocenters. The lowest BCUT2D eigenvalue weighted by atomic mass is 9.95. The van der Waals surface area contributed by atoms with Gasteiger partial charge in [-0.1, -0.05) is 37.3 Å². The summed E-state index contributed by atoms with van der Waals surface area (Å²) < 4.78 is 5.60. The van der Waals surface area contributed by atoms with Crippen molar-refractivity contribution in [3.05, 3.63) is 35.9 Å². The smallest absolute Gasteiger partial charge is 0.239 e. The number of nitrogens with one attached hydrogen (secondary N) is 2. The van der Waals surface area contributed by atoms with Crippen LogP contribution in [-0.2, 0) is 9.53 Å². The van der Waals surface area contributed by atoms with E-state index in [9.17, 15) is 4.79 Å². The summed E-state index contributed by atoms with van der Waals surface area (Å²) in [6, 6.07) is 10.5. The third-order valence-electron chi connectivity index (χ3n) is 5.51. The predicted octanol–water partition coefficient (Wildman–Crippen LogP) is 2.80. The number of amides is 1. The molecule has 5 nitrogen and oxygen atoms in total. The molecule has 154 valence electrons. The Kier molecular flexibility index (Phi) is 10.6. The summed E-state index contributed by atoms with van der Waals surface area (Å²) in [6.45, 7) is 8.51. The van der Waals surface area contributed by atoms with Crippen molar-refractivity contribution in [1.29, 1.82) is 0 Å². The fourth-order valence-electron chi connectivity index (χ4n) is 3.81. The average Bonchev–Trinajstić information content (AvgIpc) is 2.64. The predicted molar refractivity (Wildman–Crippen MR) is 114 cm³/mol. The van der Waals surface area contributed by atoms with E-state index in [4.69, 9.17) is 4.74 Å². The number of hydrogen-bond acceptors (Lipinski definition) is 4. The zero-order chi connectivity index (χ0) is 17.6. The van der Waals surface area contributed by atoms with Crippen LogP contribution in [0, 0.1) is 5.92 Å². The van der Waals surface area contributed by atoms with Crippen LogP contribution in [0.2, 0.25) is 0 Å². The number of nitrogens with zero attached hydrogens (tertiary/aromatic N) is 1. The highest BCUT2D eigenvalue weighted by atomic mass is 35.5. The van der Waals surface area contributed by atoms with Gasteiger partial charge in [0.05, 0.1) is 18.8 Å². The molecule has 0 aromatic heterocycles. The van der Waals surface area contributed by atoms with Crippen LogP contribution >= 0.6 is 24.8 Å². The summed E-state index contributed by atoms with van der Waals surface area (Å²) in [5, 5.41) is 6.43. The fourth-order valence-corrected chi connectivity index (χ4v) is 3.81. The molecule has 0 saturated carbocycles. The van der Waals surface area contributed by atoms with E-state index in [-0.39, 0.29) is 48.9 Å². The number of hydrogen-bond donors (Lipinski definition) is 2. The van der Waals surface area contributed by atoms with Gasteiger partial charge in [-0.25, -0.2) is 0 Å². The van der Waals surface area contributed by atoms with E-state index in [1.54, 1.807) is 0 Å². The van der Waals surface area contributed by atoms with Crippen molar-refractivity contribution in [3.8, 4) is 0 Å². The number of likely N-dealkylation sites (tertiary alicyclic amines) is 1. The number of carbonyl (C=O) groups excluding carboxylic acids is 1. The second kappa shape index (κ2) is 11.9. The van der Waals surface area contributed by atoms with Crippen molar-refractivity contribution in [1.82, 2.24) is 15.5 Å². The molecule has 1 aromatic carbocycles. The van der Waals surface area contributed by atoms with Gasteiger partial charge in [0.25, 0.3) is 0 Å². The lowest BCUT2D eigenvalue weighted by Crippen LogP contribution is -2.56. The van der Waals surface area contributed by atoms with Crippen molar-refractivity contribution >= 4 is 30.7 Å². The SMILES string of the molecule is CC1CCN(C(CNC(=O)[C@H]2NCCO[C@@H]2C)c2ccccc2)CC1.Cl.Cl. The number of rotatable bonds is 5. The minimum Gasteiger partial charge on any atom is -0.375 e. The Bertz CT molecular complexity index is 553. The Morgan fingerprint density at radius 2 is 1.89 bits per heavy atom. The van der Waals surface area contributed by atoms with Crippen LogP contribution in [0.15, 0.2) is 30.3 Å². The summed E-state index contributed by atoms with van der Waals surface area (Å²) in [5.41, 5.74) is 1.28. The second-order valence-electron chi connectivity index (χ2n) is 7.40. The van der Waals surface area contributed by atoms with Gasteiger partial charge in [-0.05, 0) is 44.3 Å². The highest BCUT2D eigenvalue weighted by Crippen LogP contribution is 2.26. The summed E-state index contributed by atoms with van der Waals surface area (Å²) in [5.74, 6) is 0.838. The Morgan fingerprint density at radius 3 is 2.52 bits per heavy atom. The maximum atomic E-state index is 12.6. The average molecular weight is 418 g/mol. The van der Waals surface area contributed by atoms with Gasteiger partial charge in [-0.15, -0.1) is 24.8 Å². The van der Waals surface area contributed by atoms with E-state index in [1.165, 1.54) is 18.4 Å². The van der Waals surface area contributed by atoms with Crippen LogP contribution in [0.25, 0.3) is 0 Å². The van der Waals surface area contributed by atoms with Gasteiger partial charge in [0.2, 0.25) is 5.91 Å². The topological polar surface area (TPSA) is 53.6 Å². The zero-order valence-electron chi connectivity index (χ0n) is 16.2. The Labute approximate surface area is 175 Å². The van der Waals surface area contributed by atoms with E-state index < -0.39 is 0 Å². The van der Waals surface area contributed by atoms with Crippen molar-refractivity contribution in [2.24, 2.45) is 5.92 Å². The van der Waals surface area contributed by atoms with Crippen LogP contribution in [0.3, 0.4) is 0 Å². The molecule has 2 heterocycles. The van der Waals surface area contributed by atoms with E-state index in [2.05, 4.69) is 46.7 Å². The number of piperidine rings is 1. The fraction of sp³-hybridized carbons (Fsp3) is 0.650. The monoisotopic (exact) mass is 417 g/mol. The minimum absolute atomic E-state index is 0. The first-order chi connectivity index (χ1) is 12.1. The molecule has 0 bridgehead atoms. The molecular formula is C20H33Cl2N3O2. The van der Waals surface area contributed by atoms with Crippen LogP contribution in [0.1, 0.15) is 38.3 Å². The third kappa shape index (κ3) is 6.61. The second-order valence-corrected chi connectivity index (χ2v) is 7.40. The maximum Gasteiger partial charge on any atom is 0.239 e. The summed E-state index contributed by atoms with van der Waals surface area (Å²) >= 11 is 0. The van der Waals surface area contributed by atoms with E-state index >= 15 is 0 Å². The molecule has 2 aliphatic heterocycles. The molecule has 2 N–H and O–H groups in total. The normalized spacial score (nSPS) is 25.0. The number of ether oxygens (including phenoxy) is 1. The third-order valence-corrected chi connectivity index (χ3v) is 5.51. The van der Waals surface area contributed by atoms with Crippen molar-refractivity contribution in [2.45, 2.75) is 44.9 Å². The summed E-state index contributed by atoms with van der Waals surface area (Å²) in [6.07, 6.45) is 2.37. The lowest BCUT2D eigenvalue weighted by molar-refractivity contribution is -0.129. The quantitative estimate of drug-likeness (QED) is 0.772. The molecule has 1 aromatic rings. The van der Waals surface area contributed by atoms with Gasteiger partial charge in [-0.3, -0.25) is 9.69 Å². The van der Waals surface area contributed by atoms with E-state index in [0.29, 0.717) is 13.2 Å². The molecule has 27 heavy (non-hydrogen) atoms. The standard InChI is InChI=1S/C20H31N3O2.2ClH/c1-15-8-11-23(12-9-15)18(17-6-4-3-5-7-17)14-22-20(24)19-16(2)25-13-10-21-19;;/h3-7,15-16,18-19,21H,8-14H2,1-2H3,(H,22,24);2*1H/t16-,18?,19+;;/m1../s1. The molecule has 2 fully saturated rings. The van der Waals surface area contributed by atoms with Gasteiger partial charge in [0.1, 0.15) is 6.04 Å². The first kappa shape index (κ1) is 24.2. The Hall–Kier alpha value is -0.850. The van der Waals surface area contributed by atoms with E-state index in [1.807, 2.05) is 13.0 Å².